The van der Waals surface area contributed by atoms with Gasteiger partial charge in [-0.1, -0.05) is 34.8 Å². The van der Waals surface area contributed by atoms with Gasteiger partial charge in [0, 0.05) is 10.6 Å². The fourth-order valence-corrected chi connectivity index (χ4v) is 3.17. The number of benzene rings is 2. The number of carbonyl (C=O) groups is 1. The van der Waals surface area contributed by atoms with Crippen molar-refractivity contribution in [3.05, 3.63) is 73.7 Å². The van der Waals surface area contributed by atoms with E-state index in [1.165, 1.54) is 10.6 Å². The molecule has 2 aromatic heterocycles. The van der Waals surface area contributed by atoms with Crippen LogP contribution in [0.5, 0.6) is 0 Å². The van der Waals surface area contributed by atoms with E-state index in [4.69, 9.17) is 40.5 Å². The highest BCUT2D eigenvalue weighted by molar-refractivity contribution is 6.42. The van der Waals surface area contributed by atoms with Crippen molar-refractivity contribution < 1.29 is 4.79 Å². The number of H-pyrrole nitrogens is 1. The van der Waals surface area contributed by atoms with Crippen molar-refractivity contribution in [2.24, 2.45) is 5.73 Å². The van der Waals surface area contributed by atoms with Gasteiger partial charge in [-0.05, 0) is 42.5 Å². The van der Waals surface area contributed by atoms with Crippen molar-refractivity contribution in [1.29, 1.82) is 0 Å². The fraction of sp³-hybridized carbons (Fsp3) is 0. The lowest BCUT2D eigenvalue weighted by atomic mass is 10.2. The van der Waals surface area contributed by atoms with Gasteiger partial charge in [-0.15, -0.1) is 0 Å². The van der Waals surface area contributed by atoms with Crippen molar-refractivity contribution >= 4 is 51.9 Å². The molecule has 0 bridgehead atoms. The van der Waals surface area contributed by atoms with Crippen LogP contribution in [-0.4, -0.2) is 25.4 Å². The number of fused-ring (bicyclic) bond motifs is 1. The molecule has 10 heteroatoms. The van der Waals surface area contributed by atoms with Crippen LogP contribution in [0.2, 0.25) is 15.1 Å². The van der Waals surface area contributed by atoms with Crippen molar-refractivity contribution in [2.75, 3.05) is 0 Å². The third kappa shape index (κ3) is 3.13. The van der Waals surface area contributed by atoms with Crippen LogP contribution in [0.15, 0.2) is 47.3 Å². The minimum absolute atomic E-state index is 0.106. The number of aromatic amines is 1. The van der Waals surface area contributed by atoms with Crippen molar-refractivity contribution in [1.82, 2.24) is 19.5 Å². The summed E-state index contributed by atoms with van der Waals surface area (Å²) in [4.78, 5) is 35.8. The highest BCUT2D eigenvalue weighted by atomic mass is 35.5. The summed E-state index contributed by atoms with van der Waals surface area (Å²) >= 11 is 18.0. The van der Waals surface area contributed by atoms with E-state index >= 15 is 0 Å². The summed E-state index contributed by atoms with van der Waals surface area (Å²) in [7, 11) is 0. The van der Waals surface area contributed by atoms with E-state index in [2.05, 4.69) is 15.0 Å². The summed E-state index contributed by atoms with van der Waals surface area (Å²) in [6.45, 7) is 0. The zero-order chi connectivity index (χ0) is 20.0. The van der Waals surface area contributed by atoms with Gasteiger partial charge < -0.3 is 10.7 Å². The van der Waals surface area contributed by atoms with Crippen LogP contribution in [-0.2, 0) is 0 Å². The Bertz CT molecular complexity index is 1300. The predicted octanol–water partition coefficient (Wildman–Crippen LogP) is 3.83. The smallest absolute Gasteiger partial charge is 0.332 e. The highest BCUT2D eigenvalue weighted by Gasteiger charge is 2.20. The number of nitrogens with one attached hydrogen (secondary N) is 1. The van der Waals surface area contributed by atoms with E-state index in [1.807, 2.05) is 0 Å². The molecule has 0 fully saturated rings. The molecule has 4 rings (SSSR count). The molecular formula is C18H10Cl3N5O2. The Morgan fingerprint density at radius 1 is 1.00 bits per heavy atom. The van der Waals surface area contributed by atoms with Gasteiger partial charge >= 0.3 is 5.69 Å². The lowest BCUT2D eigenvalue weighted by Gasteiger charge is -2.07. The zero-order valence-corrected chi connectivity index (χ0v) is 16.2. The molecule has 0 radical (unpaired) electrons. The van der Waals surface area contributed by atoms with Crippen LogP contribution in [0.1, 0.15) is 10.5 Å². The molecule has 0 spiro atoms. The molecule has 7 nitrogen and oxygen atoms in total. The van der Waals surface area contributed by atoms with Crippen molar-refractivity contribution in [3.8, 4) is 17.1 Å². The first-order chi connectivity index (χ1) is 13.3. The Morgan fingerprint density at radius 2 is 1.71 bits per heavy atom. The lowest BCUT2D eigenvalue weighted by molar-refractivity contribution is 0.0997. The number of rotatable bonds is 3. The summed E-state index contributed by atoms with van der Waals surface area (Å²) in [5, 5.41) is 1.14. The minimum atomic E-state index is -0.801. The van der Waals surface area contributed by atoms with Crippen LogP contribution in [0, 0.1) is 0 Å². The average molecular weight is 435 g/mol. The van der Waals surface area contributed by atoms with Crippen LogP contribution in [0.25, 0.3) is 28.2 Å². The normalized spacial score (nSPS) is 11.1. The number of imidazole rings is 1. The van der Waals surface area contributed by atoms with Gasteiger partial charge in [0.1, 0.15) is 5.52 Å². The summed E-state index contributed by atoms with van der Waals surface area (Å²) in [6, 6.07) is 11.4. The van der Waals surface area contributed by atoms with Gasteiger partial charge in [-0.3, -0.25) is 4.79 Å². The first-order valence-electron chi connectivity index (χ1n) is 7.89. The fourth-order valence-electron chi connectivity index (χ4n) is 2.75. The minimum Gasteiger partial charge on any atom is -0.364 e. The number of amides is 1. The molecule has 140 valence electrons. The van der Waals surface area contributed by atoms with Gasteiger partial charge in [-0.2, -0.15) is 0 Å². The quantitative estimate of drug-likeness (QED) is 0.511. The van der Waals surface area contributed by atoms with Crippen LogP contribution in [0.3, 0.4) is 0 Å². The Labute approximate surface area is 172 Å². The van der Waals surface area contributed by atoms with Gasteiger partial charge in [0.15, 0.2) is 17.2 Å². The Hall–Kier alpha value is -2.87. The molecule has 1 amide bonds. The first-order valence-corrected chi connectivity index (χ1v) is 9.02. The van der Waals surface area contributed by atoms with E-state index < -0.39 is 11.6 Å². The molecule has 4 aromatic rings. The topological polar surface area (TPSA) is 107 Å². The van der Waals surface area contributed by atoms with Crippen LogP contribution >= 0.6 is 34.8 Å². The number of nitrogens with zero attached hydrogens (tertiary/aromatic N) is 3. The van der Waals surface area contributed by atoms with Gasteiger partial charge in [0.2, 0.25) is 0 Å². The summed E-state index contributed by atoms with van der Waals surface area (Å²) < 4.78 is 1.27. The molecule has 0 saturated heterocycles. The van der Waals surface area contributed by atoms with E-state index in [0.29, 0.717) is 21.3 Å². The average Bonchev–Trinajstić information content (AvgIpc) is 2.99. The van der Waals surface area contributed by atoms with E-state index in [1.54, 1.807) is 36.4 Å². The molecule has 0 aliphatic carbocycles. The maximum Gasteiger partial charge on any atom is 0.332 e. The van der Waals surface area contributed by atoms with Crippen molar-refractivity contribution in [3.63, 3.8) is 0 Å². The van der Waals surface area contributed by atoms with Crippen LogP contribution in [0.4, 0.5) is 0 Å². The second-order valence-electron chi connectivity index (χ2n) is 5.83. The molecule has 0 saturated carbocycles. The maximum atomic E-state index is 12.6. The largest absolute Gasteiger partial charge is 0.364 e. The summed E-state index contributed by atoms with van der Waals surface area (Å²) in [5.74, 6) is -0.587. The zero-order valence-electron chi connectivity index (χ0n) is 13.9. The molecule has 28 heavy (non-hydrogen) atoms. The summed E-state index contributed by atoms with van der Waals surface area (Å²) in [5.41, 5.74) is 6.16. The van der Waals surface area contributed by atoms with E-state index in [0.717, 1.165) is 0 Å². The SMILES string of the molecule is NC(=O)c1nc(-c2ccc(Cl)cc2)nc2c1[nH]c(=O)n2-c1ccc(Cl)c(Cl)c1. The maximum absolute atomic E-state index is 12.6. The molecule has 3 N–H and O–H groups in total. The number of hydrogen-bond donors (Lipinski definition) is 2. The first kappa shape index (κ1) is 18.5. The Morgan fingerprint density at radius 3 is 2.36 bits per heavy atom. The number of carbonyl (C=O) groups excluding carboxylic acids is 1. The Balaban J connectivity index is 2.05. The molecule has 0 aliphatic rings. The third-order valence-electron chi connectivity index (χ3n) is 4.03. The molecule has 0 atom stereocenters. The predicted molar refractivity (Wildman–Crippen MR) is 108 cm³/mol. The molecular weight excluding hydrogens is 425 g/mol. The number of halogens is 3. The number of hydrogen-bond acceptors (Lipinski definition) is 4. The Kier molecular flexibility index (Phi) is 4.58. The van der Waals surface area contributed by atoms with Crippen LogP contribution < -0.4 is 11.4 Å². The number of aromatic nitrogens is 4. The standard InChI is InChI=1S/C18H10Cl3N5O2/c19-9-3-1-8(2-4-9)16-23-13(15(22)27)14-17(25-16)26(18(28)24-14)10-5-6-11(20)12(21)7-10/h1-7H,(H2,22,27)(H,24,28). The highest BCUT2D eigenvalue weighted by Crippen LogP contribution is 2.27. The van der Waals surface area contributed by atoms with Gasteiger partial charge in [0.25, 0.3) is 5.91 Å². The molecule has 2 heterocycles. The van der Waals surface area contributed by atoms with Gasteiger partial charge in [0.05, 0.1) is 15.7 Å². The van der Waals surface area contributed by atoms with Crippen molar-refractivity contribution in [2.45, 2.75) is 0 Å². The molecule has 0 aliphatic heterocycles. The molecule has 0 unspecified atom stereocenters. The lowest BCUT2D eigenvalue weighted by Crippen LogP contribution is -2.15. The number of nitrogens with two attached hydrogens (primary N) is 1. The third-order valence-corrected chi connectivity index (χ3v) is 5.02. The monoisotopic (exact) mass is 433 g/mol. The molecule has 2 aromatic carbocycles. The number of primary amides is 1. The second-order valence-corrected chi connectivity index (χ2v) is 7.08. The second kappa shape index (κ2) is 6.94. The summed E-state index contributed by atoms with van der Waals surface area (Å²) in [6.07, 6.45) is 0. The van der Waals surface area contributed by atoms with Gasteiger partial charge in [-0.25, -0.2) is 19.3 Å². The van der Waals surface area contributed by atoms with E-state index in [9.17, 15) is 9.59 Å². The van der Waals surface area contributed by atoms with E-state index in [-0.39, 0.29) is 27.7 Å².